The molecule has 2 aliphatic rings. The van der Waals surface area contributed by atoms with Crippen molar-refractivity contribution in [1.29, 1.82) is 0 Å². The molecule has 0 spiro atoms. The van der Waals surface area contributed by atoms with Crippen molar-refractivity contribution in [3.8, 4) is 16.8 Å². The molecule has 0 bridgehead atoms. The van der Waals surface area contributed by atoms with E-state index in [1.54, 1.807) is 30.5 Å². The predicted molar refractivity (Wildman–Crippen MR) is 179 cm³/mol. The van der Waals surface area contributed by atoms with Crippen molar-refractivity contribution in [2.75, 3.05) is 10.6 Å². The van der Waals surface area contributed by atoms with Crippen LogP contribution in [0.1, 0.15) is 63.0 Å². The van der Waals surface area contributed by atoms with E-state index in [1.165, 1.54) is 41.4 Å². The molecular formula is C35H35ClF2N6O4. The van der Waals surface area contributed by atoms with E-state index in [1.807, 2.05) is 13.8 Å². The van der Waals surface area contributed by atoms with E-state index < -0.39 is 29.8 Å². The summed E-state index contributed by atoms with van der Waals surface area (Å²) in [6.07, 6.45) is 10.3. The van der Waals surface area contributed by atoms with Crippen LogP contribution in [0, 0.1) is 11.6 Å². The zero-order chi connectivity index (χ0) is 33.9. The number of esters is 1. The summed E-state index contributed by atoms with van der Waals surface area (Å²) in [5, 5.41) is 17.0. The number of carbonyl (C=O) groups excluding carboxylic acids is 1. The monoisotopic (exact) mass is 676 g/mol. The van der Waals surface area contributed by atoms with Gasteiger partial charge in [-0.2, -0.15) is 0 Å². The Morgan fingerprint density at radius 2 is 1.73 bits per heavy atom. The third kappa shape index (κ3) is 7.55. The van der Waals surface area contributed by atoms with Crippen molar-refractivity contribution in [1.82, 2.24) is 19.5 Å². The van der Waals surface area contributed by atoms with Crippen LogP contribution < -0.4 is 16.2 Å². The number of ether oxygens (including phenoxy) is 1. The number of hydrogen-bond acceptors (Lipinski definition) is 9. The summed E-state index contributed by atoms with van der Waals surface area (Å²) < 4.78 is 36.3. The van der Waals surface area contributed by atoms with Gasteiger partial charge in [0.15, 0.2) is 11.6 Å². The summed E-state index contributed by atoms with van der Waals surface area (Å²) in [5.74, 6) is -1.27. The molecule has 13 heteroatoms. The molecule has 2 fully saturated rings. The molecule has 0 amide bonds. The summed E-state index contributed by atoms with van der Waals surface area (Å²) in [6, 6.07) is 7.14. The number of cyclic esters (lactones) is 1. The van der Waals surface area contributed by atoms with E-state index in [2.05, 4.69) is 25.6 Å². The van der Waals surface area contributed by atoms with E-state index in [0.29, 0.717) is 39.6 Å². The quantitative estimate of drug-likeness (QED) is 0.176. The molecular weight excluding hydrogens is 642 g/mol. The van der Waals surface area contributed by atoms with E-state index in [9.17, 15) is 19.1 Å². The van der Waals surface area contributed by atoms with Gasteiger partial charge < -0.3 is 20.5 Å². The Morgan fingerprint density at radius 1 is 1.02 bits per heavy atom. The first-order valence-electron chi connectivity index (χ1n) is 15.8. The summed E-state index contributed by atoms with van der Waals surface area (Å²) in [5.41, 5.74) is 2.01. The fourth-order valence-electron chi connectivity index (χ4n) is 6.24. The number of aromatic nitrogens is 4. The molecule has 0 radical (unpaired) electrons. The van der Waals surface area contributed by atoms with Gasteiger partial charge in [0.05, 0.1) is 41.8 Å². The number of aliphatic hydroxyl groups is 1. The molecule has 4 aromatic rings. The first-order chi connectivity index (χ1) is 23.0. The fourth-order valence-corrected chi connectivity index (χ4v) is 6.34. The number of anilines is 2. The number of nitrogens with one attached hydrogen (secondary N) is 2. The Bertz CT molecular complexity index is 1880. The number of carbonyl (C=O) groups is 1. The van der Waals surface area contributed by atoms with Crippen LogP contribution in [-0.2, 0) is 9.53 Å². The Labute approximate surface area is 280 Å². The van der Waals surface area contributed by atoms with Crippen molar-refractivity contribution in [3.63, 3.8) is 0 Å². The number of nitrogens with zero attached hydrogens (tertiary/aromatic N) is 4. The number of pyridine rings is 2. The molecule has 1 aliphatic carbocycles. The SMILES string of the molecule is CC(C)c1c(/C=C/[C@@H]2C[C@H](O)CC(=O)O2)c(-c2ccc(F)cc2)cn(-c2cnc(N[C@H]3CC[C@H](Nc4ncc(Cl)cn4)C3)c(F)c2)c1=O. The van der Waals surface area contributed by atoms with Crippen molar-refractivity contribution >= 4 is 35.4 Å². The smallest absolute Gasteiger partial charge is 0.309 e. The number of rotatable bonds is 9. The largest absolute Gasteiger partial charge is 0.458 e. The number of halogens is 3. The standard InChI is InChI=1S/C35H35ClF2N6O4/c1-19(2)32-28(10-9-27-13-26(45)14-31(46)48-27)29(20-3-5-22(37)6-4-20)18-44(34(32)47)25-12-30(38)33(39-17-25)42-23-7-8-24(11-23)43-35-40-15-21(36)16-41-35/h3-6,9-10,12,15-19,23-24,26-27,45H,7-8,11,13-14H2,1-2H3,(H,39,42)(H,40,41,43)/b10-9+/t23-,24-,26-,27+/m0/s1. The summed E-state index contributed by atoms with van der Waals surface area (Å²) in [4.78, 5) is 38.7. The highest BCUT2D eigenvalue weighted by molar-refractivity contribution is 6.30. The first-order valence-corrected chi connectivity index (χ1v) is 16.2. The van der Waals surface area contributed by atoms with Crippen LogP contribution in [0.5, 0.6) is 0 Å². The third-order valence-electron chi connectivity index (χ3n) is 8.52. The molecule has 1 aliphatic heterocycles. The Hall–Kier alpha value is -4.68. The van der Waals surface area contributed by atoms with Crippen molar-refractivity contribution in [3.05, 3.63) is 99.3 Å². The molecule has 4 atom stereocenters. The van der Waals surface area contributed by atoms with Gasteiger partial charge in [0.25, 0.3) is 5.56 Å². The van der Waals surface area contributed by atoms with Crippen LogP contribution in [0.25, 0.3) is 22.9 Å². The minimum Gasteiger partial charge on any atom is -0.458 e. The van der Waals surface area contributed by atoms with Crippen LogP contribution in [0.4, 0.5) is 20.5 Å². The van der Waals surface area contributed by atoms with Gasteiger partial charge in [-0.3, -0.25) is 14.2 Å². The van der Waals surface area contributed by atoms with Gasteiger partial charge in [-0.25, -0.2) is 23.7 Å². The highest BCUT2D eigenvalue weighted by Crippen LogP contribution is 2.32. The van der Waals surface area contributed by atoms with E-state index in [4.69, 9.17) is 16.3 Å². The lowest BCUT2D eigenvalue weighted by Gasteiger charge is -2.24. The van der Waals surface area contributed by atoms with E-state index in [0.717, 1.165) is 12.8 Å². The summed E-state index contributed by atoms with van der Waals surface area (Å²) in [7, 11) is 0. The minimum atomic E-state index is -0.828. The molecule has 4 heterocycles. The number of aliphatic hydroxyl groups excluding tert-OH is 1. The molecule has 250 valence electrons. The molecule has 1 saturated heterocycles. The van der Waals surface area contributed by atoms with Gasteiger partial charge in [-0.15, -0.1) is 0 Å². The van der Waals surface area contributed by atoms with Gasteiger partial charge in [-0.1, -0.05) is 43.7 Å². The normalized spacial score (nSPS) is 21.1. The molecule has 6 rings (SSSR count). The Kier molecular flexibility index (Phi) is 9.83. The van der Waals surface area contributed by atoms with E-state index >= 15 is 4.39 Å². The van der Waals surface area contributed by atoms with Gasteiger partial charge in [0.2, 0.25) is 5.95 Å². The fraction of sp³-hybridized carbons (Fsp3) is 0.343. The second-order valence-corrected chi connectivity index (χ2v) is 12.9. The average molecular weight is 677 g/mol. The molecule has 0 unspecified atom stereocenters. The second-order valence-electron chi connectivity index (χ2n) is 12.4. The lowest BCUT2D eigenvalue weighted by atomic mass is 9.91. The van der Waals surface area contributed by atoms with Gasteiger partial charge >= 0.3 is 5.97 Å². The molecule has 48 heavy (non-hydrogen) atoms. The van der Waals surface area contributed by atoms with Crippen molar-refractivity contribution < 1.29 is 23.4 Å². The van der Waals surface area contributed by atoms with Crippen molar-refractivity contribution in [2.24, 2.45) is 0 Å². The molecule has 3 aromatic heterocycles. The third-order valence-corrected chi connectivity index (χ3v) is 8.71. The predicted octanol–water partition coefficient (Wildman–Crippen LogP) is 6.27. The second kappa shape index (κ2) is 14.2. The maximum absolute atomic E-state index is 15.6. The number of hydrogen-bond donors (Lipinski definition) is 3. The highest BCUT2D eigenvalue weighted by Gasteiger charge is 2.28. The molecule has 1 saturated carbocycles. The van der Waals surface area contributed by atoms with Gasteiger partial charge in [0, 0.05) is 41.9 Å². The summed E-state index contributed by atoms with van der Waals surface area (Å²) >= 11 is 5.87. The van der Waals surface area contributed by atoms with Crippen molar-refractivity contribution in [2.45, 2.75) is 76.2 Å². The lowest BCUT2D eigenvalue weighted by Crippen LogP contribution is -2.31. The molecule has 3 N–H and O–H groups in total. The van der Waals surface area contributed by atoms with Crippen LogP contribution in [0.3, 0.4) is 0 Å². The van der Waals surface area contributed by atoms with Gasteiger partial charge in [0.1, 0.15) is 11.9 Å². The van der Waals surface area contributed by atoms with Crippen LogP contribution >= 0.6 is 11.6 Å². The van der Waals surface area contributed by atoms with Crippen LogP contribution in [-0.4, -0.2) is 54.9 Å². The zero-order valence-corrected chi connectivity index (χ0v) is 27.1. The molecule has 10 nitrogen and oxygen atoms in total. The van der Waals surface area contributed by atoms with Crippen LogP contribution in [0.2, 0.25) is 5.02 Å². The average Bonchev–Trinajstić information content (AvgIpc) is 3.48. The highest BCUT2D eigenvalue weighted by atomic mass is 35.5. The Morgan fingerprint density at radius 3 is 2.40 bits per heavy atom. The van der Waals surface area contributed by atoms with Gasteiger partial charge in [-0.05, 0) is 54.5 Å². The van der Waals surface area contributed by atoms with E-state index in [-0.39, 0.29) is 47.9 Å². The first kappa shape index (κ1) is 33.2. The maximum Gasteiger partial charge on any atom is 0.309 e. The number of benzene rings is 1. The topological polar surface area (TPSA) is 131 Å². The minimum absolute atomic E-state index is 0.0429. The lowest BCUT2D eigenvalue weighted by molar-refractivity contribution is -0.156. The zero-order valence-electron chi connectivity index (χ0n) is 26.4. The maximum atomic E-state index is 15.6. The van der Waals surface area contributed by atoms with Crippen LogP contribution in [0.15, 0.2) is 66.0 Å². The molecule has 1 aromatic carbocycles. The Balaban J connectivity index is 1.30. The summed E-state index contributed by atoms with van der Waals surface area (Å²) in [6.45, 7) is 3.73.